The summed E-state index contributed by atoms with van der Waals surface area (Å²) in [5.74, 6) is 0.944. The standard InChI is InChI=1S/C11H13O2.Li/c1-2-6-10(7-3-1)13-11-8-4-5-9-12-11;/h1-3,6,11H,4-5,8-9H2;. The quantitative estimate of drug-likeness (QED) is 0.646. The Balaban J connectivity index is 1.99. The van der Waals surface area contributed by atoms with Crippen LogP contribution in [0.4, 0.5) is 0 Å². The average Bonchev–Trinajstić information content (AvgIpc) is 2.23. The molecular formula is C11H13LiO2. The number of rotatable bonds is 2. The Morgan fingerprint density at radius 2 is 2.14 bits per heavy atom. The Morgan fingerprint density at radius 1 is 1.29 bits per heavy atom. The van der Waals surface area contributed by atoms with Crippen molar-refractivity contribution < 1.29 is 9.47 Å². The van der Waals surface area contributed by atoms with E-state index in [4.69, 9.17) is 9.47 Å². The van der Waals surface area contributed by atoms with Crippen molar-refractivity contribution in [1.82, 2.24) is 0 Å². The normalized spacial score (nSPS) is 22.0. The van der Waals surface area contributed by atoms with E-state index in [0.717, 1.165) is 25.2 Å². The second kappa shape index (κ2) is 4.88. The average molecular weight is 184 g/mol. The predicted molar refractivity (Wildman–Crippen MR) is 56.0 cm³/mol. The molecule has 0 radical (unpaired) electrons. The molecule has 1 atom stereocenters. The van der Waals surface area contributed by atoms with Gasteiger partial charge in [0.05, 0.1) is 0 Å². The van der Waals surface area contributed by atoms with Crippen LogP contribution in [0.1, 0.15) is 19.3 Å². The first-order valence-corrected chi connectivity index (χ1v) is 5.20. The predicted octanol–water partition coefficient (Wildman–Crippen LogP) is 1.39. The van der Waals surface area contributed by atoms with Gasteiger partial charge in [0.25, 0.3) is 0 Å². The van der Waals surface area contributed by atoms with Crippen molar-refractivity contribution >= 4 is 22.0 Å². The first kappa shape index (κ1) is 10.1. The second-order valence-corrected chi connectivity index (χ2v) is 3.68. The van der Waals surface area contributed by atoms with Gasteiger partial charge in [0.15, 0.2) is 0 Å². The van der Waals surface area contributed by atoms with E-state index in [-0.39, 0.29) is 6.29 Å². The van der Waals surface area contributed by atoms with Crippen LogP contribution in [0.25, 0.3) is 0 Å². The van der Waals surface area contributed by atoms with Gasteiger partial charge < -0.3 is 0 Å². The summed E-state index contributed by atoms with van der Waals surface area (Å²) in [6.07, 6.45) is 3.34. The SMILES string of the molecule is [Li][c]1ccccc1OC1CCCCO1. The van der Waals surface area contributed by atoms with Gasteiger partial charge in [-0.15, -0.1) is 0 Å². The third kappa shape index (κ3) is 2.54. The van der Waals surface area contributed by atoms with Crippen LogP contribution in [0.15, 0.2) is 24.3 Å². The van der Waals surface area contributed by atoms with Crippen LogP contribution in [0.2, 0.25) is 0 Å². The minimum absolute atomic E-state index is 0.0372. The van der Waals surface area contributed by atoms with Crippen molar-refractivity contribution in [2.45, 2.75) is 25.6 Å². The van der Waals surface area contributed by atoms with E-state index < -0.39 is 0 Å². The van der Waals surface area contributed by atoms with Gasteiger partial charge in [-0.05, 0) is 0 Å². The molecular weight excluding hydrogens is 171 g/mol. The first-order valence-electron chi connectivity index (χ1n) is 5.20. The summed E-state index contributed by atoms with van der Waals surface area (Å²) in [4.78, 5) is 0. The minimum atomic E-state index is -0.0372. The zero-order valence-electron chi connectivity index (χ0n) is 8.53. The molecule has 14 heavy (non-hydrogen) atoms. The van der Waals surface area contributed by atoms with Crippen LogP contribution in [-0.2, 0) is 4.74 Å². The molecule has 1 saturated heterocycles. The third-order valence-electron chi connectivity index (χ3n) is 2.49. The summed E-state index contributed by atoms with van der Waals surface area (Å²) in [6.45, 7) is 0.830. The number of para-hydroxylation sites is 1. The Kier molecular flexibility index (Phi) is 3.53. The van der Waals surface area contributed by atoms with E-state index in [1.54, 1.807) is 0 Å². The van der Waals surface area contributed by atoms with Gasteiger partial charge in [0, 0.05) is 0 Å². The van der Waals surface area contributed by atoms with Gasteiger partial charge in [0.1, 0.15) is 0 Å². The first-order chi connectivity index (χ1) is 6.86. The van der Waals surface area contributed by atoms with Gasteiger partial charge in [-0.3, -0.25) is 0 Å². The number of benzene rings is 1. The molecule has 1 aromatic rings. The Bertz CT molecular complexity index is 295. The molecule has 0 aromatic heterocycles. The van der Waals surface area contributed by atoms with Crippen molar-refractivity contribution in [1.29, 1.82) is 0 Å². The zero-order chi connectivity index (χ0) is 9.80. The fraction of sp³-hybridized carbons (Fsp3) is 0.455. The Hall–Kier alpha value is -0.423. The maximum absolute atomic E-state index is 5.76. The molecule has 1 aliphatic heterocycles. The van der Waals surface area contributed by atoms with Crippen LogP contribution in [0, 0.1) is 0 Å². The second-order valence-electron chi connectivity index (χ2n) is 3.68. The van der Waals surface area contributed by atoms with Crippen LogP contribution in [-0.4, -0.2) is 30.6 Å². The molecule has 1 unspecified atom stereocenters. The van der Waals surface area contributed by atoms with E-state index in [2.05, 4.69) is 23.8 Å². The molecule has 1 aromatic carbocycles. The number of hydrogen-bond donors (Lipinski definition) is 0. The maximum atomic E-state index is 5.76. The molecule has 2 nitrogen and oxygen atoms in total. The summed E-state index contributed by atoms with van der Waals surface area (Å²) in [7, 11) is 0. The Labute approximate surface area is 93.8 Å². The molecule has 2 rings (SSSR count). The van der Waals surface area contributed by atoms with Gasteiger partial charge in [-0.2, -0.15) is 0 Å². The van der Waals surface area contributed by atoms with Crippen molar-refractivity contribution in [2.75, 3.05) is 6.61 Å². The molecule has 1 heterocycles. The van der Waals surface area contributed by atoms with E-state index in [1.807, 2.05) is 18.2 Å². The van der Waals surface area contributed by atoms with Gasteiger partial charge in [-0.25, -0.2) is 0 Å². The molecule has 1 aliphatic rings. The van der Waals surface area contributed by atoms with E-state index in [9.17, 15) is 0 Å². The summed E-state index contributed by atoms with van der Waals surface area (Å²) in [5.41, 5.74) is 0. The van der Waals surface area contributed by atoms with E-state index in [0.29, 0.717) is 0 Å². The molecule has 1 fully saturated rings. The topological polar surface area (TPSA) is 18.5 Å². The summed E-state index contributed by atoms with van der Waals surface area (Å²) in [5, 5.41) is 0. The summed E-state index contributed by atoms with van der Waals surface area (Å²) in [6, 6.07) is 8.06. The molecule has 3 heteroatoms. The van der Waals surface area contributed by atoms with E-state index >= 15 is 0 Å². The van der Waals surface area contributed by atoms with Crippen molar-refractivity contribution in [2.24, 2.45) is 0 Å². The molecule has 0 bridgehead atoms. The molecule has 0 spiro atoms. The molecule has 0 amide bonds. The van der Waals surface area contributed by atoms with Crippen LogP contribution < -0.4 is 8.97 Å². The van der Waals surface area contributed by atoms with Crippen molar-refractivity contribution in [3.63, 3.8) is 0 Å². The fourth-order valence-electron chi connectivity index (χ4n) is 1.63. The van der Waals surface area contributed by atoms with E-state index in [1.165, 1.54) is 10.7 Å². The van der Waals surface area contributed by atoms with Crippen LogP contribution in [0.5, 0.6) is 5.75 Å². The molecule has 0 aliphatic carbocycles. The molecule has 0 saturated carbocycles. The number of ether oxygens (including phenoxy) is 2. The number of hydrogen-bond acceptors (Lipinski definition) is 2. The summed E-state index contributed by atoms with van der Waals surface area (Å²) < 4.78 is 12.4. The van der Waals surface area contributed by atoms with Gasteiger partial charge in [0.2, 0.25) is 0 Å². The summed E-state index contributed by atoms with van der Waals surface area (Å²) >= 11 is 2.05. The Morgan fingerprint density at radius 3 is 2.86 bits per heavy atom. The van der Waals surface area contributed by atoms with Crippen LogP contribution >= 0.6 is 0 Å². The van der Waals surface area contributed by atoms with Crippen LogP contribution in [0.3, 0.4) is 0 Å². The molecule has 0 N–H and O–H groups in total. The van der Waals surface area contributed by atoms with Crippen molar-refractivity contribution in [3.05, 3.63) is 24.3 Å². The third-order valence-corrected chi connectivity index (χ3v) is 2.49. The fourth-order valence-corrected chi connectivity index (χ4v) is 1.63. The zero-order valence-corrected chi connectivity index (χ0v) is 8.53. The van der Waals surface area contributed by atoms with Gasteiger partial charge >= 0.3 is 93.6 Å². The molecule has 70 valence electrons. The van der Waals surface area contributed by atoms with Gasteiger partial charge in [-0.1, -0.05) is 0 Å². The van der Waals surface area contributed by atoms with Crippen molar-refractivity contribution in [3.8, 4) is 5.75 Å². The monoisotopic (exact) mass is 184 g/mol.